The summed E-state index contributed by atoms with van der Waals surface area (Å²) in [6, 6.07) is 7.74. The fraction of sp³-hybridized carbons (Fsp3) is 0.368. The van der Waals surface area contributed by atoms with Crippen LogP contribution >= 0.6 is 0 Å². The van der Waals surface area contributed by atoms with Crippen molar-refractivity contribution in [2.75, 3.05) is 18.0 Å². The van der Waals surface area contributed by atoms with Gasteiger partial charge in [0.15, 0.2) is 0 Å². The summed E-state index contributed by atoms with van der Waals surface area (Å²) in [4.78, 5) is 45.3. The highest BCUT2D eigenvalue weighted by Crippen LogP contribution is 2.35. The van der Waals surface area contributed by atoms with E-state index < -0.39 is 0 Å². The summed E-state index contributed by atoms with van der Waals surface area (Å²) < 4.78 is 2.00. The van der Waals surface area contributed by atoms with Crippen LogP contribution in [0.4, 0.5) is 5.95 Å². The molecule has 0 radical (unpaired) electrons. The van der Waals surface area contributed by atoms with Gasteiger partial charge in [-0.1, -0.05) is 24.3 Å². The Morgan fingerprint density at radius 3 is 2.46 bits per heavy atom. The number of benzene rings is 1. The summed E-state index contributed by atoms with van der Waals surface area (Å²) >= 11 is 0. The number of amides is 3. The highest BCUT2D eigenvalue weighted by atomic mass is 16.2. The quantitative estimate of drug-likeness (QED) is 0.605. The molecular weight excluding hydrogens is 332 g/mol. The minimum absolute atomic E-state index is 0.201. The second-order valence-electron chi connectivity index (χ2n) is 7.02. The zero-order chi connectivity index (χ0) is 17.8. The Morgan fingerprint density at radius 1 is 1.04 bits per heavy atom. The molecule has 2 atom stereocenters. The summed E-state index contributed by atoms with van der Waals surface area (Å²) in [5, 5.41) is 0. The van der Waals surface area contributed by atoms with Crippen LogP contribution in [0, 0.1) is 11.8 Å². The van der Waals surface area contributed by atoms with Gasteiger partial charge in [0.1, 0.15) is 6.54 Å². The van der Waals surface area contributed by atoms with Gasteiger partial charge in [0.2, 0.25) is 23.7 Å². The molecule has 7 heteroatoms. The Hall–Kier alpha value is -2.96. The molecule has 0 spiro atoms. The second-order valence-corrected chi connectivity index (χ2v) is 7.02. The van der Waals surface area contributed by atoms with Crippen molar-refractivity contribution in [1.29, 1.82) is 0 Å². The molecular formula is C19H18N4O3. The average molecular weight is 350 g/mol. The lowest BCUT2D eigenvalue weighted by molar-refractivity contribution is -0.143. The number of fused-ring (bicyclic) bond motifs is 4. The number of imide groups is 1. The van der Waals surface area contributed by atoms with E-state index in [9.17, 15) is 14.4 Å². The first-order valence-electron chi connectivity index (χ1n) is 8.91. The number of imidazole rings is 1. The molecule has 1 aromatic heterocycles. The number of likely N-dealkylation sites (tertiary alicyclic amines) is 1. The van der Waals surface area contributed by atoms with Crippen molar-refractivity contribution in [1.82, 2.24) is 14.5 Å². The Morgan fingerprint density at radius 2 is 1.73 bits per heavy atom. The predicted molar refractivity (Wildman–Crippen MR) is 94.2 cm³/mol. The van der Waals surface area contributed by atoms with Crippen LogP contribution in [0.25, 0.3) is 11.0 Å². The zero-order valence-electron chi connectivity index (χ0n) is 14.2. The van der Waals surface area contributed by atoms with Crippen molar-refractivity contribution in [2.24, 2.45) is 11.8 Å². The zero-order valence-corrected chi connectivity index (χ0v) is 14.2. The molecule has 3 aliphatic rings. The predicted octanol–water partition coefficient (Wildman–Crippen LogP) is 1.33. The van der Waals surface area contributed by atoms with Crippen LogP contribution in [0.5, 0.6) is 0 Å². The smallest absolute Gasteiger partial charge is 0.249 e. The van der Waals surface area contributed by atoms with Crippen molar-refractivity contribution in [3.05, 3.63) is 36.4 Å². The van der Waals surface area contributed by atoms with E-state index in [1.807, 2.05) is 41.0 Å². The van der Waals surface area contributed by atoms with E-state index in [1.54, 1.807) is 4.90 Å². The fourth-order valence-corrected chi connectivity index (χ4v) is 4.27. The van der Waals surface area contributed by atoms with E-state index in [0.29, 0.717) is 31.9 Å². The molecule has 0 bridgehead atoms. The largest absolute Gasteiger partial charge is 0.308 e. The number of hydrogen-bond acceptors (Lipinski definition) is 4. The van der Waals surface area contributed by atoms with E-state index in [0.717, 1.165) is 15.9 Å². The number of anilines is 1. The molecule has 0 saturated carbocycles. The monoisotopic (exact) mass is 350 g/mol. The maximum Gasteiger partial charge on any atom is 0.249 e. The maximum atomic E-state index is 12.8. The molecule has 1 aromatic carbocycles. The van der Waals surface area contributed by atoms with Gasteiger partial charge in [0, 0.05) is 13.1 Å². The summed E-state index contributed by atoms with van der Waals surface area (Å²) in [5.41, 5.74) is 1.83. The molecule has 2 aliphatic heterocycles. The number of carbonyl (C=O) groups is 3. The molecule has 0 N–H and O–H groups in total. The van der Waals surface area contributed by atoms with Crippen LogP contribution in [0.1, 0.15) is 12.8 Å². The molecule has 0 unspecified atom stereocenters. The SMILES string of the molecule is O=C1[C@H]2CC=CC[C@H]2C(=O)N1CC(=O)N1CCn2c1nc1ccccc12. The first kappa shape index (κ1) is 15.3. The van der Waals surface area contributed by atoms with Crippen molar-refractivity contribution < 1.29 is 14.4 Å². The topological polar surface area (TPSA) is 75.5 Å². The number of carbonyl (C=O) groups excluding carboxylic acids is 3. The lowest BCUT2D eigenvalue weighted by Crippen LogP contribution is -2.43. The van der Waals surface area contributed by atoms with Gasteiger partial charge in [-0.05, 0) is 25.0 Å². The van der Waals surface area contributed by atoms with Gasteiger partial charge < -0.3 is 4.57 Å². The Bertz CT molecular complexity index is 950. The van der Waals surface area contributed by atoms with Gasteiger partial charge in [0.05, 0.1) is 22.9 Å². The van der Waals surface area contributed by atoms with Crippen LogP contribution in [-0.4, -0.2) is 45.3 Å². The number of aromatic nitrogens is 2. The molecule has 1 saturated heterocycles. The minimum Gasteiger partial charge on any atom is -0.308 e. The van der Waals surface area contributed by atoms with E-state index in [2.05, 4.69) is 4.98 Å². The van der Waals surface area contributed by atoms with Gasteiger partial charge in [-0.2, -0.15) is 0 Å². The van der Waals surface area contributed by atoms with Crippen molar-refractivity contribution in [3.63, 3.8) is 0 Å². The number of rotatable bonds is 2. The molecule has 5 rings (SSSR count). The first-order valence-corrected chi connectivity index (χ1v) is 8.91. The summed E-state index contributed by atoms with van der Waals surface area (Å²) in [5.74, 6) is -0.704. The third-order valence-electron chi connectivity index (χ3n) is 5.62. The van der Waals surface area contributed by atoms with E-state index in [4.69, 9.17) is 0 Å². The second kappa shape index (κ2) is 5.52. The lowest BCUT2D eigenvalue weighted by Gasteiger charge is -2.19. The fourth-order valence-electron chi connectivity index (χ4n) is 4.27. The summed E-state index contributed by atoms with van der Waals surface area (Å²) in [6.45, 7) is 0.975. The van der Waals surface area contributed by atoms with Crippen LogP contribution in [-0.2, 0) is 20.9 Å². The summed E-state index contributed by atoms with van der Waals surface area (Å²) in [7, 11) is 0. The molecule has 2 aromatic rings. The third kappa shape index (κ3) is 2.06. The van der Waals surface area contributed by atoms with Crippen LogP contribution in [0.15, 0.2) is 36.4 Å². The average Bonchev–Trinajstić information content (AvgIpc) is 3.29. The van der Waals surface area contributed by atoms with E-state index in [-0.39, 0.29) is 36.1 Å². The van der Waals surface area contributed by atoms with Crippen molar-refractivity contribution in [3.8, 4) is 0 Å². The molecule has 1 fully saturated rings. The normalized spacial score (nSPS) is 24.5. The Labute approximate surface area is 149 Å². The standard InChI is InChI=1S/C19H18N4O3/c24-16(11-23-17(25)12-5-1-2-6-13(12)18(23)26)22-10-9-21-15-8-4-3-7-14(15)20-19(21)22/h1-4,7-8,12-13H,5-6,9-11H2/t12-,13+. The number of allylic oxidation sites excluding steroid dienone is 2. The number of hydrogen-bond donors (Lipinski definition) is 0. The van der Waals surface area contributed by atoms with Crippen molar-refractivity contribution in [2.45, 2.75) is 19.4 Å². The molecule has 3 heterocycles. The molecule has 7 nitrogen and oxygen atoms in total. The third-order valence-corrected chi connectivity index (χ3v) is 5.62. The molecule has 26 heavy (non-hydrogen) atoms. The van der Waals surface area contributed by atoms with Gasteiger partial charge in [-0.15, -0.1) is 0 Å². The van der Waals surface area contributed by atoms with Gasteiger partial charge in [-0.3, -0.25) is 24.2 Å². The molecule has 1 aliphatic carbocycles. The van der Waals surface area contributed by atoms with E-state index >= 15 is 0 Å². The van der Waals surface area contributed by atoms with E-state index in [1.165, 1.54) is 0 Å². The van der Waals surface area contributed by atoms with Gasteiger partial charge >= 0.3 is 0 Å². The molecule has 3 amide bonds. The van der Waals surface area contributed by atoms with Crippen LogP contribution in [0.3, 0.4) is 0 Å². The Kier molecular flexibility index (Phi) is 3.25. The van der Waals surface area contributed by atoms with Crippen molar-refractivity contribution >= 4 is 34.7 Å². The number of nitrogens with zero attached hydrogens (tertiary/aromatic N) is 4. The van der Waals surface area contributed by atoms with Gasteiger partial charge in [-0.25, -0.2) is 4.98 Å². The first-order chi connectivity index (χ1) is 12.6. The Balaban J connectivity index is 1.39. The summed E-state index contributed by atoms with van der Waals surface area (Å²) in [6.07, 6.45) is 5.06. The van der Waals surface area contributed by atoms with Gasteiger partial charge in [0.25, 0.3) is 0 Å². The highest BCUT2D eigenvalue weighted by molar-refractivity contribution is 6.09. The highest BCUT2D eigenvalue weighted by Gasteiger charge is 2.48. The molecule has 132 valence electrons. The van der Waals surface area contributed by atoms with Crippen LogP contribution in [0.2, 0.25) is 0 Å². The minimum atomic E-state index is -0.302. The maximum absolute atomic E-state index is 12.8. The lowest BCUT2D eigenvalue weighted by atomic mass is 9.85. The van der Waals surface area contributed by atoms with Crippen LogP contribution < -0.4 is 4.90 Å². The number of para-hydroxylation sites is 2.